The lowest BCUT2D eigenvalue weighted by Gasteiger charge is -2.21. The Kier molecular flexibility index (Phi) is 41.1. The van der Waals surface area contributed by atoms with Gasteiger partial charge in [-0.15, -0.1) is 10.2 Å². The highest BCUT2D eigenvalue weighted by Gasteiger charge is 2.24. The quantitative estimate of drug-likeness (QED) is 0.0156. The lowest BCUT2D eigenvalue weighted by atomic mass is 10.00. The van der Waals surface area contributed by atoms with E-state index in [2.05, 4.69) is 154 Å². The molecule has 4 unspecified atom stereocenters. The molecule has 22 nitrogen and oxygen atoms in total. The molecule has 13 aromatic rings. The van der Waals surface area contributed by atoms with Crippen molar-refractivity contribution in [1.29, 1.82) is 0 Å². The molecule has 0 aliphatic heterocycles. The molecule has 138 heavy (non-hydrogen) atoms. The van der Waals surface area contributed by atoms with Gasteiger partial charge in [0, 0.05) is 199 Å². The largest absolute Gasteiger partial charge is 0.392 e. The molecular weight excluding hydrogens is 1790 g/mol. The standard InChI is InChI=1S/C32H35ClN4O2.C31H35ClN2O2.C25H27ClN4O2.C25H28N4O2/c1-5-37(6-2)21-28(38)14-16-32(39)24-10-7-23(8-11-24)9-15-29-30-18-26(33)13-12-25(30)20-34-31(29)19-27-17-22(3)35-36(27)4;1-3-34(4-2)21-27(35)15-18-31(36)24-11-7-23(8-12-24)9-16-28-29-19-26(32)14-13-25(29)20-33-30(28)17-10-22-5-6-22;1-3-30(4-2)16-20(31)11-14-24(32)18-8-5-17(6-9-18)7-12-22-21-13-10-19(26)15-23(21)28-29-25(22)27;1-3-29(4-2)17-21(30)10-12-24(31)19-8-5-18(6-9-19)7-11-22-23-16-27-14-13-20(23)15-28-25(22)26/h7-8,10-13,17-18,20,28,38H,5-6,14,16,19,21H2,1-4H3;7-8,11-14,19-20,22,27,35H,3-6,10,15,17-18,21H2,1-2H3;5-6,8-10,13,15,20,31H,3-4,11,14,16H2,1-2H3,(H2,27,29);5-6,8-9,13-16,21,30H,3-4,10,12,17H2,1-2H3,(H2,26,28). The molecule has 25 heteroatoms. The number of carbonyl (C=O) groups excluding carboxylic acids is 4. The number of nitrogens with two attached hydrogens (primary N) is 2. The number of fused-ring (bicyclic) bond motifs is 4. The third-order valence-corrected chi connectivity index (χ3v) is 25.4. The van der Waals surface area contributed by atoms with Crippen LogP contribution in [0.5, 0.6) is 0 Å². The molecule has 6 aromatic heterocycles. The minimum absolute atomic E-state index is 0.00792. The van der Waals surface area contributed by atoms with E-state index < -0.39 is 24.4 Å². The van der Waals surface area contributed by atoms with Gasteiger partial charge in [-0.25, -0.2) is 4.98 Å². The Bertz CT molecular complexity index is 6590. The highest BCUT2D eigenvalue weighted by atomic mass is 35.5. The SMILES string of the molecule is CCN(CC)CC(O)CCC(=O)c1ccc(C#Cc2c(CCC3CC3)ncc3ccc(Cl)cc23)cc1.CCN(CC)CC(O)CCC(=O)c1ccc(C#Cc2c(Cc3cc(C)nn3C)ncc3ccc(Cl)cc23)cc1.CCN(CC)CC(O)CCC(=O)c1ccc(C#Cc2c(N)ncc3ccncc23)cc1.CCN(CC)CC(O)CCC(=O)c1ccc(C#Cc2c(N)nnc3cc(Cl)ccc23)cc1. The van der Waals surface area contributed by atoms with Gasteiger partial charge < -0.3 is 51.5 Å². The maximum Gasteiger partial charge on any atom is 0.162 e. The molecule has 1 saturated carbocycles. The molecule has 0 amide bonds. The summed E-state index contributed by atoms with van der Waals surface area (Å²) in [6.07, 6.45) is 15.3. The van der Waals surface area contributed by atoms with Crippen LogP contribution in [0, 0.1) is 60.2 Å². The number of hydrogen-bond acceptors (Lipinski definition) is 21. The second-order valence-electron chi connectivity index (χ2n) is 34.5. The second kappa shape index (κ2) is 53.5. The first kappa shape index (κ1) is 106. The van der Waals surface area contributed by atoms with Crippen molar-refractivity contribution in [2.45, 2.75) is 170 Å². The van der Waals surface area contributed by atoms with Gasteiger partial charge >= 0.3 is 0 Å². The Hall–Kier alpha value is -12.5. The van der Waals surface area contributed by atoms with Crippen LogP contribution in [0.25, 0.3) is 43.2 Å². The Morgan fingerprint density at radius 3 is 1.14 bits per heavy atom. The lowest BCUT2D eigenvalue weighted by molar-refractivity contribution is 0.0874. The van der Waals surface area contributed by atoms with E-state index in [-0.39, 0.29) is 29.0 Å². The average Bonchev–Trinajstić information content (AvgIpc) is 1.67. The summed E-state index contributed by atoms with van der Waals surface area (Å²) in [7, 11) is 1.93. The van der Waals surface area contributed by atoms with Gasteiger partial charge in [0.25, 0.3) is 0 Å². The van der Waals surface area contributed by atoms with Crippen LogP contribution in [0.1, 0.15) is 235 Å². The third kappa shape index (κ3) is 31.8. The summed E-state index contributed by atoms with van der Waals surface area (Å²) < 4.78 is 1.87. The number of hydrogen-bond donors (Lipinski definition) is 6. The van der Waals surface area contributed by atoms with Gasteiger partial charge in [-0.1, -0.05) is 211 Å². The van der Waals surface area contributed by atoms with Crippen molar-refractivity contribution in [2.75, 3.05) is 90.0 Å². The zero-order valence-electron chi connectivity index (χ0n) is 80.6. The maximum atomic E-state index is 12.7. The van der Waals surface area contributed by atoms with Crippen LogP contribution < -0.4 is 11.5 Å². The van der Waals surface area contributed by atoms with Gasteiger partial charge in [0.1, 0.15) is 5.82 Å². The number of ketones is 4. The first-order valence-electron chi connectivity index (χ1n) is 47.7. The van der Waals surface area contributed by atoms with E-state index >= 15 is 0 Å². The van der Waals surface area contributed by atoms with Crippen LogP contribution in [-0.2, 0) is 19.9 Å². The summed E-state index contributed by atoms with van der Waals surface area (Å²) in [6, 6.07) is 49.9. The lowest BCUT2D eigenvalue weighted by Crippen LogP contribution is -2.32. The Morgan fingerprint density at radius 1 is 0.406 bits per heavy atom. The summed E-state index contributed by atoms with van der Waals surface area (Å²) >= 11 is 18.7. The number of rotatable bonds is 37. The van der Waals surface area contributed by atoms with E-state index in [4.69, 9.17) is 56.2 Å². The van der Waals surface area contributed by atoms with Crippen LogP contribution >= 0.6 is 34.8 Å². The first-order valence-corrected chi connectivity index (χ1v) is 48.9. The van der Waals surface area contributed by atoms with Crippen molar-refractivity contribution >= 4 is 113 Å². The number of anilines is 2. The van der Waals surface area contributed by atoms with E-state index in [0.717, 1.165) is 165 Å². The molecule has 4 atom stereocenters. The van der Waals surface area contributed by atoms with Crippen LogP contribution in [0.2, 0.25) is 15.1 Å². The fourth-order valence-electron chi connectivity index (χ4n) is 16.0. The topological polar surface area (TPSA) is 309 Å². The Balaban J connectivity index is 0.000000177. The van der Waals surface area contributed by atoms with Gasteiger partial charge in [0.05, 0.1) is 69.3 Å². The van der Waals surface area contributed by atoms with Crippen LogP contribution in [-0.4, -0.2) is 206 Å². The number of nitrogen functional groups attached to an aromatic ring is 2. The Labute approximate surface area is 826 Å². The summed E-state index contributed by atoms with van der Waals surface area (Å²) in [4.78, 5) is 76.7. The number of aliphatic hydroxyl groups is 4. The molecule has 0 bridgehead atoms. The van der Waals surface area contributed by atoms with Gasteiger partial charge in [0.2, 0.25) is 0 Å². The molecule has 1 fully saturated rings. The van der Waals surface area contributed by atoms with Crippen molar-refractivity contribution in [3.05, 3.63) is 299 Å². The van der Waals surface area contributed by atoms with Crippen LogP contribution in [0.3, 0.4) is 0 Å². The molecule has 1 aliphatic carbocycles. The van der Waals surface area contributed by atoms with E-state index in [0.29, 0.717) is 144 Å². The summed E-state index contributed by atoms with van der Waals surface area (Å²) in [5.41, 5.74) is 25.2. The minimum Gasteiger partial charge on any atom is -0.392 e. The van der Waals surface area contributed by atoms with Gasteiger partial charge in [0.15, 0.2) is 29.0 Å². The zero-order chi connectivity index (χ0) is 98.7. The van der Waals surface area contributed by atoms with E-state index in [1.54, 1.807) is 79.3 Å². The molecule has 0 radical (unpaired) electrons. The van der Waals surface area contributed by atoms with E-state index in [1.807, 2.05) is 128 Å². The smallest absolute Gasteiger partial charge is 0.162 e. The molecule has 8 N–H and O–H groups in total. The average molecular weight is 1910 g/mol. The Morgan fingerprint density at radius 2 is 0.761 bits per heavy atom. The molecule has 716 valence electrons. The number of benzene rings is 7. The van der Waals surface area contributed by atoms with Gasteiger partial charge in [-0.3, -0.25) is 38.8 Å². The number of carbonyl (C=O) groups is 4. The first-order chi connectivity index (χ1) is 66.6. The fourth-order valence-corrected chi connectivity index (χ4v) is 16.5. The number of aromatic nitrogens is 8. The second-order valence-corrected chi connectivity index (χ2v) is 35.8. The van der Waals surface area contributed by atoms with Gasteiger partial charge in [-0.05, 0) is 207 Å². The van der Waals surface area contributed by atoms with Crippen molar-refractivity contribution in [2.24, 2.45) is 13.0 Å². The van der Waals surface area contributed by atoms with Crippen molar-refractivity contribution in [3.63, 3.8) is 0 Å². The number of aryl methyl sites for hydroxylation is 3. The number of Topliss-reactive ketones (excluding diaryl/α,β-unsaturated/α-hetero) is 4. The van der Waals surface area contributed by atoms with Crippen LogP contribution in [0.15, 0.2) is 195 Å². The molecule has 14 rings (SSSR count). The number of aliphatic hydroxyl groups excluding tert-OH is 4. The normalized spacial score (nSPS) is 12.5. The van der Waals surface area contributed by atoms with Gasteiger partial charge in [-0.2, -0.15) is 5.10 Å². The fraction of sp³-hybridized carbons (Fsp3) is 0.354. The van der Waals surface area contributed by atoms with Crippen LogP contribution in [0.4, 0.5) is 11.6 Å². The highest BCUT2D eigenvalue weighted by Crippen LogP contribution is 2.35. The third-order valence-electron chi connectivity index (χ3n) is 24.7. The summed E-state index contributed by atoms with van der Waals surface area (Å²) in [6.45, 7) is 28.0. The predicted molar refractivity (Wildman–Crippen MR) is 557 cm³/mol. The number of pyridine rings is 4. The number of nitrogens with zero attached hydrogens (tertiary/aromatic N) is 12. The van der Waals surface area contributed by atoms with Crippen molar-refractivity contribution in [3.8, 4) is 47.4 Å². The molecule has 6 heterocycles. The highest BCUT2D eigenvalue weighted by molar-refractivity contribution is 6.32. The van der Waals surface area contributed by atoms with E-state index in [1.165, 1.54) is 12.8 Å². The summed E-state index contributed by atoms with van der Waals surface area (Å²) in [5, 5.41) is 61.8. The molecule has 7 aromatic carbocycles. The summed E-state index contributed by atoms with van der Waals surface area (Å²) in [5.74, 6) is 27.1. The number of likely N-dealkylation sites (N-methyl/N-ethyl adjacent to an activating group) is 4. The monoisotopic (exact) mass is 1910 g/mol. The minimum atomic E-state index is -0.508. The molecule has 0 spiro atoms. The molecule has 0 saturated heterocycles. The number of halogens is 3. The predicted octanol–water partition coefficient (Wildman–Crippen LogP) is 19.1. The molecular formula is C113H125Cl3N14O8. The van der Waals surface area contributed by atoms with Crippen molar-refractivity contribution < 1.29 is 39.6 Å². The zero-order valence-corrected chi connectivity index (χ0v) is 82.9. The maximum absolute atomic E-state index is 12.7. The van der Waals surface area contributed by atoms with E-state index in [9.17, 15) is 39.6 Å². The molecule has 1 aliphatic rings. The van der Waals surface area contributed by atoms with Crippen molar-refractivity contribution in [1.82, 2.24) is 59.5 Å².